The molecule has 4 rings (SSSR count). The SMILES string of the molecule is Cn1c(O)c(C(c2ccccc2Cl)c2c(O)c3ccccc3oc2=O)c(=O)n(C)c1=O. The van der Waals surface area contributed by atoms with Gasteiger partial charge in [-0.3, -0.25) is 13.9 Å². The van der Waals surface area contributed by atoms with Gasteiger partial charge in [0.2, 0.25) is 5.88 Å². The Kier molecular flexibility index (Phi) is 4.94. The van der Waals surface area contributed by atoms with Crippen LogP contribution in [0.2, 0.25) is 5.02 Å². The van der Waals surface area contributed by atoms with E-state index in [-0.39, 0.29) is 32.7 Å². The fourth-order valence-electron chi connectivity index (χ4n) is 3.68. The van der Waals surface area contributed by atoms with E-state index in [0.717, 1.165) is 9.13 Å². The second-order valence-electron chi connectivity index (χ2n) is 7.05. The van der Waals surface area contributed by atoms with Crippen molar-refractivity contribution < 1.29 is 14.6 Å². The summed E-state index contributed by atoms with van der Waals surface area (Å²) in [5, 5.41) is 22.2. The zero-order chi connectivity index (χ0) is 22.4. The second-order valence-corrected chi connectivity index (χ2v) is 7.45. The van der Waals surface area contributed by atoms with E-state index in [2.05, 4.69) is 0 Å². The molecule has 0 aliphatic rings. The summed E-state index contributed by atoms with van der Waals surface area (Å²) in [5.74, 6) is -2.36. The number of aromatic hydroxyl groups is 2. The van der Waals surface area contributed by atoms with Gasteiger partial charge in [-0.1, -0.05) is 41.9 Å². The molecule has 9 heteroatoms. The highest BCUT2D eigenvalue weighted by atomic mass is 35.5. The molecule has 31 heavy (non-hydrogen) atoms. The lowest BCUT2D eigenvalue weighted by Crippen LogP contribution is -2.40. The average Bonchev–Trinajstić information content (AvgIpc) is 2.76. The summed E-state index contributed by atoms with van der Waals surface area (Å²) < 4.78 is 7.06. The minimum absolute atomic E-state index is 0.157. The van der Waals surface area contributed by atoms with Gasteiger partial charge in [0.25, 0.3) is 5.56 Å². The van der Waals surface area contributed by atoms with Gasteiger partial charge in [0.15, 0.2) is 0 Å². The molecule has 2 aromatic heterocycles. The third-order valence-corrected chi connectivity index (χ3v) is 5.63. The lowest BCUT2D eigenvalue weighted by molar-refractivity contribution is 0.399. The standard InChI is InChI=1S/C22H17ClN2O6/c1-24-19(27)17(20(28)25(2)22(24)30)15(11-7-3-5-9-13(11)23)16-18(26)12-8-4-6-10-14(12)31-21(16)29/h3-10,15,26-27H,1-2H3. The van der Waals surface area contributed by atoms with E-state index >= 15 is 0 Å². The fourth-order valence-corrected chi connectivity index (χ4v) is 3.92. The van der Waals surface area contributed by atoms with Gasteiger partial charge >= 0.3 is 11.3 Å². The highest BCUT2D eigenvalue weighted by Gasteiger charge is 2.33. The highest BCUT2D eigenvalue weighted by Crippen LogP contribution is 2.41. The molecule has 158 valence electrons. The van der Waals surface area contributed by atoms with Crippen molar-refractivity contribution in [3.05, 3.63) is 102 Å². The Morgan fingerprint density at radius 2 is 1.55 bits per heavy atom. The predicted octanol–water partition coefficient (Wildman–Crippen LogP) is 2.44. The Morgan fingerprint density at radius 3 is 2.26 bits per heavy atom. The van der Waals surface area contributed by atoms with E-state index in [1.165, 1.54) is 20.2 Å². The van der Waals surface area contributed by atoms with Crippen LogP contribution in [0.1, 0.15) is 22.6 Å². The maximum Gasteiger partial charge on any atom is 0.344 e. The van der Waals surface area contributed by atoms with Gasteiger partial charge in [-0.2, -0.15) is 0 Å². The Bertz CT molecular complexity index is 1520. The molecule has 2 heterocycles. The minimum Gasteiger partial charge on any atom is -0.507 e. The summed E-state index contributed by atoms with van der Waals surface area (Å²) in [4.78, 5) is 38.3. The molecule has 1 unspecified atom stereocenters. The van der Waals surface area contributed by atoms with E-state index in [9.17, 15) is 24.6 Å². The summed E-state index contributed by atoms with van der Waals surface area (Å²) in [7, 11) is 2.53. The van der Waals surface area contributed by atoms with E-state index < -0.39 is 34.4 Å². The van der Waals surface area contributed by atoms with Gasteiger partial charge in [-0.05, 0) is 23.8 Å². The molecule has 1 atom stereocenters. The number of aromatic nitrogens is 2. The summed E-state index contributed by atoms with van der Waals surface area (Å²) in [6.45, 7) is 0. The Labute approximate surface area is 179 Å². The third-order valence-electron chi connectivity index (χ3n) is 5.28. The number of hydrogen-bond acceptors (Lipinski definition) is 6. The summed E-state index contributed by atoms with van der Waals surface area (Å²) in [5.41, 5.74) is -2.64. The van der Waals surface area contributed by atoms with Crippen LogP contribution in [-0.2, 0) is 14.1 Å². The van der Waals surface area contributed by atoms with Crippen LogP contribution >= 0.6 is 11.6 Å². The maximum absolute atomic E-state index is 13.1. The molecular formula is C22H17ClN2O6. The van der Waals surface area contributed by atoms with E-state index in [1.54, 1.807) is 42.5 Å². The predicted molar refractivity (Wildman–Crippen MR) is 115 cm³/mol. The second kappa shape index (κ2) is 7.48. The first-order valence-corrected chi connectivity index (χ1v) is 9.59. The molecule has 0 aliphatic carbocycles. The van der Waals surface area contributed by atoms with Crippen LogP contribution in [0.3, 0.4) is 0 Å². The lowest BCUT2D eigenvalue weighted by Gasteiger charge is -2.21. The average molecular weight is 441 g/mol. The van der Waals surface area contributed by atoms with Crippen molar-refractivity contribution in [2.75, 3.05) is 0 Å². The molecule has 0 amide bonds. The van der Waals surface area contributed by atoms with Crippen molar-refractivity contribution in [3.8, 4) is 11.6 Å². The fraction of sp³-hybridized carbons (Fsp3) is 0.136. The molecule has 2 aromatic carbocycles. The van der Waals surface area contributed by atoms with Gasteiger partial charge in [-0.15, -0.1) is 0 Å². The number of nitrogens with zero attached hydrogens (tertiary/aromatic N) is 2. The van der Waals surface area contributed by atoms with Crippen LogP contribution in [0.5, 0.6) is 11.6 Å². The number of fused-ring (bicyclic) bond motifs is 1. The summed E-state index contributed by atoms with van der Waals surface area (Å²) >= 11 is 6.38. The largest absolute Gasteiger partial charge is 0.507 e. The molecule has 2 N–H and O–H groups in total. The van der Waals surface area contributed by atoms with Crippen molar-refractivity contribution in [1.82, 2.24) is 9.13 Å². The maximum atomic E-state index is 13.1. The van der Waals surface area contributed by atoms with Crippen LogP contribution in [0.4, 0.5) is 0 Å². The van der Waals surface area contributed by atoms with Crippen molar-refractivity contribution in [1.29, 1.82) is 0 Å². The third kappa shape index (κ3) is 3.12. The molecular weight excluding hydrogens is 424 g/mol. The molecule has 0 saturated heterocycles. The van der Waals surface area contributed by atoms with Crippen LogP contribution in [0, 0.1) is 0 Å². The smallest absolute Gasteiger partial charge is 0.344 e. The highest BCUT2D eigenvalue weighted by molar-refractivity contribution is 6.31. The summed E-state index contributed by atoms with van der Waals surface area (Å²) in [6, 6.07) is 12.8. The molecule has 0 aliphatic heterocycles. The van der Waals surface area contributed by atoms with Crippen molar-refractivity contribution in [2.24, 2.45) is 14.1 Å². The monoisotopic (exact) mass is 440 g/mol. The number of para-hydroxylation sites is 1. The number of halogens is 1. The number of hydrogen-bond donors (Lipinski definition) is 2. The number of rotatable bonds is 3. The van der Waals surface area contributed by atoms with Gasteiger partial charge in [0.1, 0.15) is 11.3 Å². The zero-order valence-electron chi connectivity index (χ0n) is 16.5. The van der Waals surface area contributed by atoms with Crippen molar-refractivity contribution in [2.45, 2.75) is 5.92 Å². The lowest BCUT2D eigenvalue weighted by atomic mass is 9.85. The molecule has 0 spiro atoms. The molecule has 0 fully saturated rings. The zero-order valence-corrected chi connectivity index (χ0v) is 17.3. The van der Waals surface area contributed by atoms with Crippen LogP contribution in [0.25, 0.3) is 11.0 Å². The van der Waals surface area contributed by atoms with Crippen molar-refractivity contribution >= 4 is 22.6 Å². The molecule has 0 radical (unpaired) electrons. The van der Waals surface area contributed by atoms with Crippen LogP contribution in [0.15, 0.2) is 67.3 Å². The Morgan fingerprint density at radius 1 is 0.903 bits per heavy atom. The Balaban J connectivity index is 2.21. The van der Waals surface area contributed by atoms with Crippen LogP contribution in [-0.4, -0.2) is 19.3 Å². The normalized spacial score (nSPS) is 12.2. The Hall–Kier alpha value is -3.78. The summed E-state index contributed by atoms with van der Waals surface area (Å²) in [6.07, 6.45) is 0. The van der Waals surface area contributed by atoms with Gasteiger partial charge in [-0.25, -0.2) is 9.59 Å². The van der Waals surface area contributed by atoms with Crippen LogP contribution < -0.4 is 16.9 Å². The van der Waals surface area contributed by atoms with E-state index in [1.807, 2.05) is 0 Å². The minimum atomic E-state index is -1.31. The molecule has 4 aromatic rings. The van der Waals surface area contributed by atoms with Crippen molar-refractivity contribution in [3.63, 3.8) is 0 Å². The quantitative estimate of drug-likeness (QED) is 0.473. The van der Waals surface area contributed by atoms with Gasteiger partial charge in [0, 0.05) is 19.1 Å². The number of benzene rings is 2. The van der Waals surface area contributed by atoms with Gasteiger partial charge < -0.3 is 14.6 Å². The first-order valence-electron chi connectivity index (χ1n) is 9.22. The first-order chi connectivity index (χ1) is 14.7. The van der Waals surface area contributed by atoms with Gasteiger partial charge in [0.05, 0.1) is 22.4 Å². The first kappa shape index (κ1) is 20.5. The molecule has 0 bridgehead atoms. The molecule has 8 nitrogen and oxygen atoms in total. The van der Waals surface area contributed by atoms with E-state index in [0.29, 0.717) is 0 Å². The molecule has 0 saturated carbocycles. The topological polar surface area (TPSA) is 115 Å². The van der Waals surface area contributed by atoms with E-state index in [4.69, 9.17) is 16.0 Å².